The molecule has 0 atom stereocenters. The van der Waals surface area contributed by atoms with Crippen molar-refractivity contribution < 1.29 is 0 Å². The maximum absolute atomic E-state index is 2.62. The van der Waals surface area contributed by atoms with Crippen molar-refractivity contribution in [3.8, 4) is 11.1 Å². The fourth-order valence-electron chi connectivity index (χ4n) is 10.8. The second-order valence-corrected chi connectivity index (χ2v) is 21.8. The Morgan fingerprint density at radius 2 is 1.00 bits per heavy atom. The summed E-state index contributed by atoms with van der Waals surface area (Å²) in [6.07, 6.45) is 0. The summed E-state index contributed by atoms with van der Waals surface area (Å²) in [5.41, 5.74) is 18.5. The lowest BCUT2D eigenvalue weighted by Crippen LogP contribution is -2.13. The molecule has 0 bridgehead atoms. The molecule has 4 heteroatoms. The summed E-state index contributed by atoms with van der Waals surface area (Å²) in [6, 6.07) is 70.4. The molecule has 0 N–H and O–H groups in total. The molecule has 3 heterocycles. The quantitative estimate of drug-likeness (QED) is 0.158. The second kappa shape index (κ2) is 15.6. The number of hydrogen-bond acceptors (Lipinski definition) is 3. The summed E-state index contributed by atoms with van der Waals surface area (Å²) < 4.78 is 5.22. The van der Waals surface area contributed by atoms with Gasteiger partial charge in [-0.05, 0) is 160 Å². The molecule has 0 saturated heterocycles. The first-order chi connectivity index (χ1) is 32.8. The molecule has 0 saturated carbocycles. The first kappa shape index (κ1) is 42.0. The Balaban J connectivity index is 1.15. The van der Waals surface area contributed by atoms with E-state index < -0.39 is 0 Å². The van der Waals surface area contributed by atoms with Gasteiger partial charge in [0.25, 0.3) is 0 Å². The third-order valence-electron chi connectivity index (χ3n) is 14.2. The number of hydrogen-bond donors (Lipinski definition) is 0. The molecule has 12 rings (SSSR count). The first-order valence-electron chi connectivity index (χ1n) is 23.9. The number of benzene rings is 9. The van der Waals surface area contributed by atoms with E-state index in [1.165, 1.54) is 97.3 Å². The third-order valence-corrected chi connectivity index (χ3v) is 15.4. The number of aromatic nitrogens is 1. The van der Waals surface area contributed by atoms with Gasteiger partial charge in [-0.2, -0.15) is 0 Å². The zero-order chi connectivity index (χ0) is 46.6. The molecule has 332 valence electrons. The minimum atomic E-state index is 0.0491. The van der Waals surface area contributed by atoms with Gasteiger partial charge >= 0.3 is 0 Å². The molecule has 0 aliphatic heterocycles. The van der Waals surface area contributed by atoms with Crippen LogP contribution >= 0.6 is 11.3 Å². The maximum Gasteiger partial charge on any atom is 0.0729 e. The van der Waals surface area contributed by atoms with Crippen molar-refractivity contribution in [1.29, 1.82) is 0 Å². The Labute approximate surface area is 403 Å². The van der Waals surface area contributed by atoms with Crippen molar-refractivity contribution in [2.24, 2.45) is 0 Å². The van der Waals surface area contributed by atoms with E-state index in [1.807, 2.05) is 11.3 Å². The van der Waals surface area contributed by atoms with Gasteiger partial charge in [0.2, 0.25) is 0 Å². The maximum atomic E-state index is 2.62. The average Bonchev–Trinajstić information content (AvgIpc) is 3.97. The Kier molecular flexibility index (Phi) is 9.62. The van der Waals surface area contributed by atoms with Crippen LogP contribution < -0.4 is 9.80 Å². The Hall–Kier alpha value is -7.40. The number of aryl methyl sites for hydroxylation is 2. The summed E-state index contributed by atoms with van der Waals surface area (Å²) in [4.78, 5) is 4.86. The molecule has 9 aromatic carbocycles. The minimum Gasteiger partial charge on any atom is -0.310 e. The lowest BCUT2D eigenvalue weighted by molar-refractivity contribution is 0.590. The highest BCUT2D eigenvalue weighted by molar-refractivity contribution is 7.26. The van der Waals surface area contributed by atoms with Gasteiger partial charge in [0.15, 0.2) is 0 Å². The van der Waals surface area contributed by atoms with E-state index in [4.69, 9.17) is 0 Å². The summed E-state index contributed by atoms with van der Waals surface area (Å²) in [6.45, 7) is 18.2. The van der Waals surface area contributed by atoms with Crippen LogP contribution in [0.25, 0.3) is 69.4 Å². The monoisotopic (exact) mass is 897 g/mol. The van der Waals surface area contributed by atoms with Crippen molar-refractivity contribution in [1.82, 2.24) is 4.40 Å². The van der Waals surface area contributed by atoms with E-state index in [-0.39, 0.29) is 10.8 Å². The van der Waals surface area contributed by atoms with E-state index in [1.54, 1.807) is 0 Å². The van der Waals surface area contributed by atoms with Crippen LogP contribution in [0.2, 0.25) is 0 Å². The SMILES string of the molecule is Cc1cccc(C)c1-c1ccc2sc3c4c(N(c5ccccc5)c5ccc(C(C)(C)C)cc5)ccc5c6cc7ccc(N(c8ccccc8)c8ccc(C(C)(C)C)cc8)cc7cc6n(c3c2c1)c54. The van der Waals surface area contributed by atoms with Gasteiger partial charge in [0.1, 0.15) is 0 Å². The van der Waals surface area contributed by atoms with Crippen molar-refractivity contribution in [3.63, 3.8) is 0 Å². The van der Waals surface area contributed by atoms with E-state index in [0.29, 0.717) is 0 Å². The highest BCUT2D eigenvalue weighted by Crippen LogP contribution is 2.52. The summed E-state index contributed by atoms with van der Waals surface area (Å²) >= 11 is 1.92. The number of para-hydroxylation sites is 2. The predicted octanol–water partition coefficient (Wildman–Crippen LogP) is 19.0. The molecule has 0 aliphatic carbocycles. The van der Waals surface area contributed by atoms with Gasteiger partial charge in [-0.25, -0.2) is 0 Å². The van der Waals surface area contributed by atoms with Crippen LogP contribution in [0.5, 0.6) is 0 Å². The molecule has 0 spiro atoms. The van der Waals surface area contributed by atoms with Gasteiger partial charge < -0.3 is 14.2 Å². The molecule has 0 aliphatic rings. The average molecular weight is 898 g/mol. The highest BCUT2D eigenvalue weighted by Gasteiger charge is 2.28. The van der Waals surface area contributed by atoms with Crippen LogP contribution in [0, 0.1) is 13.8 Å². The first-order valence-corrected chi connectivity index (χ1v) is 24.7. The largest absolute Gasteiger partial charge is 0.310 e. The van der Waals surface area contributed by atoms with Crippen molar-refractivity contribution in [3.05, 3.63) is 210 Å². The van der Waals surface area contributed by atoms with Gasteiger partial charge in [-0.1, -0.05) is 139 Å². The Bertz CT molecular complexity index is 3840. The summed E-state index contributed by atoms with van der Waals surface area (Å²) in [5.74, 6) is 0. The smallest absolute Gasteiger partial charge is 0.0729 e. The molecule has 12 aromatic rings. The van der Waals surface area contributed by atoms with E-state index in [0.717, 1.165) is 28.4 Å². The zero-order valence-corrected chi connectivity index (χ0v) is 41.0. The Morgan fingerprint density at radius 3 is 1.62 bits per heavy atom. The van der Waals surface area contributed by atoms with Gasteiger partial charge in [-0.3, -0.25) is 0 Å². The van der Waals surface area contributed by atoms with Crippen molar-refractivity contribution >= 4 is 104 Å². The third kappa shape index (κ3) is 6.76. The zero-order valence-electron chi connectivity index (χ0n) is 40.1. The molecule has 3 nitrogen and oxygen atoms in total. The molecular formula is C64H55N3S. The van der Waals surface area contributed by atoms with Gasteiger partial charge in [0, 0.05) is 54.7 Å². The van der Waals surface area contributed by atoms with Crippen molar-refractivity contribution in [2.45, 2.75) is 66.2 Å². The van der Waals surface area contributed by atoms with E-state index >= 15 is 0 Å². The van der Waals surface area contributed by atoms with Crippen LogP contribution in [0.1, 0.15) is 63.8 Å². The van der Waals surface area contributed by atoms with Gasteiger partial charge in [-0.15, -0.1) is 11.3 Å². The van der Waals surface area contributed by atoms with E-state index in [2.05, 4.69) is 258 Å². The fraction of sp³-hybridized carbons (Fsp3) is 0.156. The van der Waals surface area contributed by atoms with Crippen LogP contribution in [-0.2, 0) is 10.8 Å². The van der Waals surface area contributed by atoms with Crippen molar-refractivity contribution in [2.75, 3.05) is 9.80 Å². The number of nitrogens with zero attached hydrogens (tertiary/aromatic N) is 3. The standard InChI is InChI=1S/C64H55N3S/c1-40-16-15-17-41(2)58(40)43-23-35-57-54(38-43)61-62(68-57)59-55(66(48-20-13-10-14-21-48)50-31-26-46(27-32-50)64(6,7)8)34-33-52-53-37-42-22-28-51(36-44(42)39-56(53)67(61)60(52)59)65(47-18-11-9-12-19-47)49-29-24-45(25-30-49)63(3,4)5/h9-39H,1-8H3. The molecule has 0 fully saturated rings. The predicted molar refractivity (Wildman–Crippen MR) is 296 cm³/mol. The molecule has 0 radical (unpaired) electrons. The van der Waals surface area contributed by atoms with Crippen LogP contribution in [0.4, 0.5) is 34.1 Å². The molecule has 0 unspecified atom stereocenters. The lowest BCUT2D eigenvalue weighted by atomic mass is 9.87. The fourth-order valence-corrected chi connectivity index (χ4v) is 12.0. The number of anilines is 6. The number of fused-ring (bicyclic) bond motifs is 9. The summed E-state index contributed by atoms with van der Waals surface area (Å²) in [7, 11) is 0. The van der Waals surface area contributed by atoms with Crippen LogP contribution in [-0.4, -0.2) is 4.40 Å². The normalized spacial score (nSPS) is 12.4. The number of rotatable bonds is 7. The topological polar surface area (TPSA) is 10.9 Å². The summed E-state index contributed by atoms with van der Waals surface area (Å²) in [5, 5.41) is 7.54. The lowest BCUT2D eigenvalue weighted by Gasteiger charge is -2.27. The molecular weight excluding hydrogens is 843 g/mol. The van der Waals surface area contributed by atoms with Gasteiger partial charge in [0.05, 0.1) is 26.9 Å². The Morgan fingerprint density at radius 1 is 0.426 bits per heavy atom. The minimum absolute atomic E-state index is 0.0491. The van der Waals surface area contributed by atoms with E-state index in [9.17, 15) is 0 Å². The van der Waals surface area contributed by atoms with Crippen LogP contribution in [0.15, 0.2) is 188 Å². The second-order valence-electron chi connectivity index (χ2n) is 20.8. The number of thiophene rings is 1. The highest BCUT2D eigenvalue weighted by atomic mass is 32.1. The van der Waals surface area contributed by atoms with Crippen LogP contribution in [0.3, 0.4) is 0 Å². The molecule has 0 amide bonds. The molecule has 68 heavy (non-hydrogen) atoms. The molecule has 3 aromatic heterocycles.